The van der Waals surface area contributed by atoms with Crippen LogP contribution in [0.15, 0.2) is 54.6 Å². The van der Waals surface area contributed by atoms with Crippen molar-refractivity contribution in [3.63, 3.8) is 0 Å². The largest absolute Gasteiger partial charge is 0.491 e. The van der Waals surface area contributed by atoms with E-state index in [2.05, 4.69) is 10.2 Å². The lowest BCUT2D eigenvalue weighted by molar-refractivity contribution is -0.129. The number of para-hydroxylation sites is 2. The minimum Gasteiger partial charge on any atom is -0.491 e. The maximum atomic E-state index is 12.9. The number of benzene rings is 2. The molecule has 6 nitrogen and oxygen atoms in total. The Morgan fingerprint density at radius 2 is 1.87 bits per heavy atom. The van der Waals surface area contributed by atoms with E-state index in [-0.39, 0.29) is 5.91 Å². The second-order valence-electron chi connectivity index (χ2n) is 7.34. The molecule has 1 amide bonds. The van der Waals surface area contributed by atoms with Gasteiger partial charge in [-0.05, 0) is 38.1 Å². The molecule has 0 radical (unpaired) electrons. The molecule has 0 saturated carbocycles. The number of nitrogens with one attached hydrogen (secondary N) is 1. The lowest BCUT2D eigenvalue weighted by atomic mass is 10.0. The number of carbonyl (C=O) groups excluding carboxylic acids is 1. The third-order valence-corrected chi connectivity index (χ3v) is 5.72. The number of nitrogens with zero attached hydrogens (tertiary/aromatic N) is 3. The van der Waals surface area contributed by atoms with Crippen LogP contribution in [0.25, 0.3) is 5.69 Å². The molecule has 2 heterocycles. The Hall–Kier alpha value is -2.83. The van der Waals surface area contributed by atoms with Gasteiger partial charge in [0.15, 0.2) is 0 Å². The summed E-state index contributed by atoms with van der Waals surface area (Å²) in [5, 5.41) is 8.31. The van der Waals surface area contributed by atoms with Crippen molar-refractivity contribution in [1.82, 2.24) is 20.0 Å². The van der Waals surface area contributed by atoms with Crippen LogP contribution in [0, 0.1) is 13.8 Å². The number of hydrogen-bond donors (Lipinski definition) is 1. The molecule has 1 aliphatic heterocycles. The van der Waals surface area contributed by atoms with Crippen molar-refractivity contribution in [2.75, 3.05) is 26.2 Å². The monoisotopic (exact) mass is 424 g/mol. The third-order valence-electron chi connectivity index (χ3n) is 5.41. The maximum Gasteiger partial charge on any atom is 0.242 e. The summed E-state index contributed by atoms with van der Waals surface area (Å²) in [6, 6.07) is 17.0. The number of ether oxygens (including phenoxy) is 1. The summed E-state index contributed by atoms with van der Waals surface area (Å²) in [7, 11) is 0. The summed E-state index contributed by atoms with van der Waals surface area (Å²) >= 11 is 6.18. The fourth-order valence-electron chi connectivity index (χ4n) is 3.97. The van der Waals surface area contributed by atoms with Crippen LogP contribution in [0.1, 0.15) is 23.0 Å². The van der Waals surface area contributed by atoms with E-state index in [0.717, 1.165) is 29.2 Å². The number of rotatable bonds is 6. The Balaban J connectivity index is 1.57. The molecule has 0 bridgehead atoms. The molecular weight excluding hydrogens is 400 g/mol. The molecule has 1 saturated heterocycles. The minimum absolute atomic E-state index is 0.00203. The second-order valence-corrected chi connectivity index (χ2v) is 7.75. The minimum atomic E-state index is -0.397. The van der Waals surface area contributed by atoms with Gasteiger partial charge in [0, 0.05) is 30.9 Å². The standard InChI is InChI=1S/C23H25ClN4O2/c1-16-21(17(2)28(26-16)18-8-4-3-5-9-18)22-23(29)25-12-13-27(22)14-15-30-20-11-7-6-10-19(20)24/h3-11,22H,12-15H2,1-2H3,(H,25,29)/t22-/m1/s1. The van der Waals surface area contributed by atoms with Gasteiger partial charge in [0.05, 0.1) is 16.4 Å². The zero-order valence-electron chi connectivity index (χ0n) is 17.1. The highest BCUT2D eigenvalue weighted by molar-refractivity contribution is 6.32. The van der Waals surface area contributed by atoms with Crippen LogP contribution in [0.3, 0.4) is 0 Å². The van der Waals surface area contributed by atoms with Crippen molar-refractivity contribution in [2.45, 2.75) is 19.9 Å². The molecule has 1 atom stereocenters. The van der Waals surface area contributed by atoms with E-state index in [1.807, 2.05) is 67.1 Å². The Kier molecular flexibility index (Phi) is 6.06. The molecule has 0 unspecified atom stereocenters. The first-order chi connectivity index (χ1) is 14.6. The number of carbonyl (C=O) groups is 1. The molecule has 1 aliphatic rings. The summed E-state index contributed by atoms with van der Waals surface area (Å²) < 4.78 is 7.78. The molecular formula is C23H25ClN4O2. The van der Waals surface area contributed by atoms with E-state index >= 15 is 0 Å². The molecule has 2 aromatic carbocycles. The molecule has 1 fully saturated rings. The van der Waals surface area contributed by atoms with Crippen LogP contribution in [0.5, 0.6) is 5.75 Å². The zero-order valence-corrected chi connectivity index (χ0v) is 17.9. The quantitative estimate of drug-likeness (QED) is 0.655. The summed E-state index contributed by atoms with van der Waals surface area (Å²) in [5.74, 6) is 0.652. The van der Waals surface area contributed by atoms with Gasteiger partial charge in [0.25, 0.3) is 0 Å². The lowest BCUT2D eigenvalue weighted by Gasteiger charge is -2.35. The van der Waals surface area contributed by atoms with Gasteiger partial charge < -0.3 is 10.1 Å². The topological polar surface area (TPSA) is 59.4 Å². The summed E-state index contributed by atoms with van der Waals surface area (Å²) in [4.78, 5) is 15.0. The van der Waals surface area contributed by atoms with Crippen LogP contribution in [-0.2, 0) is 4.79 Å². The van der Waals surface area contributed by atoms with E-state index < -0.39 is 6.04 Å². The number of halogens is 1. The van der Waals surface area contributed by atoms with Crippen LogP contribution in [0.4, 0.5) is 0 Å². The van der Waals surface area contributed by atoms with E-state index in [4.69, 9.17) is 21.4 Å². The smallest absolute Gasteiger partial charge is 0.242 e. The predicted octanol–water partition coefficient (Wildman–Crippen LogP) is 3.69. The lowest BCUT2D eigenvalue weighted by Crippen LogP contribution is -2.51. The van der Waals surface area contributed by atoms with E-state index in [0.29, 0.717) is 30.5 Å². The normalized spacial score (nSPS) is 17.0. The van der Waals surface area contributed by atoms with Gasteiger partial charge in [0.1, 0.15) is 18.4 Å². The number of hydrogen-bond acceptors (Lipinski definition) is 4. The van der Waals surface area contributed by atoms with Gasteiger partial charge in [0.2, 0.25) is 5.91 Å². The molecule has 4 rings (SSSR count). The van der Waals surface area contributed by atoms with Gasteiger partial charge in [-0.25, -0.2) is 4.68 Å². The van der Waals surface area contributed by atoms with Crippen molar-refractivity contribution in [3.05, 3.63) is 76.6 Å². The predicted molar refractivity (Wildman–Crippen MR) is 117 cm³/mol. The molecule has 156 valence electrons. The van der Waals surface area contributed by atoms with Gasteiger partial charge in [-0.2, -0.15) is 5.10 Å². The van der Waals surface area contributed by atoms with Gasteiger partial charge in [-0.1, -0.05) is 41.9 Å². The fourth-order valence-corrected chi connectivity index (χ4v) is 4.16. The average molecular weight is 425 g/mol. The molecule has 0 spiro atoms. The zero-order chi connectivity index (χ0) is 21.1. The van der Waals surface area contributed by atoms with E-state index in [1.165, 1.54) is 0 Å². The second kappa shape index (κ2) is 8.90. The first kappa shape index (κ1) is 20.4. The van der Waals surface area contributed by atoms with Crippen LogP contribution in [-0.4, -0.2) is 46.8 Å². The first-order valence-corrected chi connectivity index (χ1v) is 10.4. The molecule has 3 aromatic rings. The van der Waals surface area contributed by atoms with Crippen molar-refractivity contribution < 1.29 is 9.53 Å². The van der Waals surface area contributed by atoms with Crippen LogP contribution >= 0.6 is 11.6 Å². The molecule has 1 aromatic heterocycles. The highest BCUT2D eigenvalue weighted by atomic mass is 35.5. The Morgan fingerprint density at radius 3 is 2.63 bits per heavy atom. The maximum absolute atomic E-state index is 12.9. The van der Waals surface area contributed by atoms with Crippen molar-refractivity contribution in [1.29, 1.82) is 0 Å². The average Bonchev–Trinajstić information content (AvgIpc) is 3.04. The third kappa shape index (κ3) is 4.06. The fraction of sp³-hybridized carbons (Fsp3) is 0.304. The Labute approximate surface area is 181 Å². The van der Waals surface area contributed by atoms with Crippen LogP contribution < -0.4 is 10.1 Å². The van der Waals surface area contributed by atoms with E-state index in [9.17, 15) is 4.79 Å². The highest BCUT2D eigenvalue weighted by Gasteiger charge is 2.35. The van der Waals surface area contributed by atoms with Gasteiger partial charge in [-0.3, -0.25) is 9.69 Å². The molecule has 0 aliphatic carbocycles. The number of amides is 1. The van der Waals surface area contributed by atoms with Crippen molar-refractivity contribution in [3.8, 4) is 11.4 Å². The summed E-state index contributed by atoms with van der Waals surface area (Å²) in [5.41, 5.74) is 3.76. The number of aromatic nitrogens is 2. The van der Waals surface area contributed by atoms with Gasteiger partial charge >= 0.3 is 0 Å². The Bertz CT molecular complexity index is 1030. The summed E-state index contributed by atoms with van der Waals surface area (Å²) in [6.45, 7) is 6.39. The highest BCUT2D eigenvalue weighted by Crippen LogP contribution is 2.30. The number of piperazine rings is 1. The van der Waals surface area contributed by atoms with Gasteiger partial charge in [-0.15, -0.1) is 0 Å². The van der Waals surface area contributed by atoms with Crippen molar-refractivity contribution >= 4 is 17.5 Å². The van der Waals surface area contributed by atoms with Crippen molar-refractivity contribution in [2.24, 2.45) is 0 Å². The molecule has 1 N–H and O–H groups in total. The first-order valence-electron chi connectivity index (χ1n) is 10.1. The molecule has 30 heavy (non-hydrogen) atoms. The van der Waals surface area contributed by atoms with Crippen LogP contribution in [0.2, 0.25) is 5.02 Å². The molecule has 7 heteroatoms. The Morgan fingerprint density at radius 1 is 1.13 bits per heavy atom. The summed E-state index contributed by atoms with van der Waals surface area (Å²) in [6.07, 6.45) is 0. The SMILES string of the molecule is Cc1nn(-c2ccccc2)c(C)c1[C@@H]1C(=O)NCCN1CCOc1ccccc1Cl. The van der Waals surface area contributed by atoms with E-state index in [1.54, 1.807) is 6.07 Å². The number of aryl methyl sites for hydroxylation is 1.